The molecule has 0 aliphatic heterocycles. The van der Waals surface area contributed by atoms with Crippen LogP contribution in [0, 0.1) is 11.3 Å². The van der Waals surface area contributed by atoms with Gasteiger partial charge < -0.3 is 10.1 Å². The van der Waals surface area contributed by atoms with Gasteiger partial charge in [0.05, 0.1) is 7.11 Å². The van der Waals surface area contributed by atoms with Crippen molar-refractivity contribution in [1.82, 2.24) is 5.32 Å². The van der Waals surface area contributed by atoms with Crippen molar-refractivity contribution in [2.45, 2.75) is 32.7 Å². The molecule has 1 aliphatic rings. The predicted octanol–water partition coefficient (Wildman–Crippen LogP) is 2.87. The van der Waals surface area contributed by atoms with E-state index in [0.717, 1.165) is 18.1 Å². The van der Waals surface area contributed by atoms with Gasteiger partial charge in [-0.1, -0.05) is 26.0 Å². The first kappa shape index (κ1) is 12.4. The summed E-state index contributed by atoms with van der Waals surface area (Å²) >= 11 is 0. The summed E-state index contributed by atoms with van der Waals surface area (Å²) in [5.74, 6) is 1.76. The van der Waals surface area contributed by atoms with Crippen LogP contribution in [0.25, 0.3) is 0 Å². The van der Waals surface area contributed by atoms with E-state index in [4.69, 9.17) is 4.74 Å². The molecule has 1 aromatic rings. The van der Waals surface area contributed by atoms with Crippen LogP contribution in [0.1, 0.15) is 25.8 Å². The minimum absolute atomic E-state index is 0.520. The number of ether oxygens (including phenoxy) is 1. The van der Waals surface area contributed by atoms with Gasteiger partial charge in [0.1, 0.15) is 5.75 Å². The number of nitrogens with one attached hydrogen (secondary N) is 1. The Morgan fingerprint density at radius 3 is 2.71 bits per heavy atom. The molecule has 2 nitrogen and oxygen atoms in total. The van der Waals surface area contributed by atoms with E-state index in [2.05, 4.69) is 44.4 Å². The Labute approximate surface area is 104 Å². The van der Waals surface area contributed by atoms with Crippen LogP contribution in [-0.4, -0.2) is 20.2 Å². The second-order valence-corrected chi connectivity index (χ2v) is 5.75. The molecular weight excluding hydrogens is 210 g/mol. The fourth-order valence-corrected chi connectivity index (χ4v) is 2.69. The Kier molecular flexibility index (Phi) is 3.43. The van der Waals surface area contributed by atoms with Gasteiger partial charge in [-0.25, -0.2) is 0 Å². The molecule has 0 bridgehead atoms. The highest BCUT2D eigenvalue weighted by atomic mass is 16.5. The Morgan fingerprint density at radius 2 is 2.18 bits per heavy atom. The van der Waals surface area contributed by atoms with Crippen molar-refractivity contribution in [1.29, 1.82) is 0 Å². The molecule has 1 aliphatic carbocycles. The molecule has 2 unspecified atom stereocenters. The van der Waals surface area contributed by atoms with Crippen LogP contribution in [-0.2, 0) is 6.42 Å². The lowest BCUT2D eigenvalue weighted by Gasteiger charge is -2.18. The SMILES string of the molecule is CNC(Cc1cccc(OC)c1)C1CC1(C)C. The van der Waals surface area contributed by atoms with Gasteiger partial charge in [-0.3, -0.25) is 0 Å². The molecule has 0 saturated heterocycles. The van der Waals surface area contributed by atoms with Crippen molar-refractivity contribution in [3.63, 3.8) is 0 Å². The van der Waals surface area contributed by atoms with Crippen LogP contribution >= 0.6 is 0 Å². The summed E-state index contributed by atoms with van der Waals surface area (Å²) in [6.45, 7) is 4.71. The Bertz CT molecular complexity index is 386. The molecule has 94 valence electrons. The third-order valence-corrected chi connectivity index (χ3v) is 4.04. The smallest absolute Gasteiger partial charge is 0.119 e. The number of hydrogen-bond acceptors (Lipinski definition) is 2. The average molecular weight is 233 g/mol. The van der Waals surface area contributed by atoms with Gasteiger partial charge in [0.15, 0.2) is 0 Å². The molecule has 0 radical (unpaired) electrons. The standard InChI is InChI=1S/C15H23NO/c1-15(2)10-13(15)14(16-3)9-11-6-5-7-12(8-11)17-4/h5-8,13-14,16H,9-10H2,1-4H3. The zero-order valence-corrected chi connectivity index (χ0v) is 11.3. The van der Waals surface area contributed by atoms with Crippen molar-refractivity contribution in [2.75, 3.05) is 14.2 Å². The van der Waals surface area contributed by atoms with E-state index in [9.17, 15) is 0 Å². The van der Waals surface area contributed by atoms with E-state index in [1.54, 1.807) is 7.11 Å². The molecule has 2 heteroatoms. The Hall–Kier alpha value is -1.02. The maximum Gasteiger partial charge on any atom is 0.119 e. The molecule has 0 heterocycles. The zero-order valence-electron chi connectivity index (χ0n) is 11.3. The Balaban J connectivity index is 2.03. The maximum absolute atomic E-state index is 5.27. The fraction of sp³-hybridized carbons (Fsp3) is 0.600. The van der Waals surface area contributed by atoms with Crippen LogP contribution in [0.15, 0.2) is 24.3 Å². The summed E-state index contributed by atoms with van der Waals surface area (Å²) in [6, 6.07) is 8.97. The number of likely N-dealkylation sites (N-methyl/N-ethyl adjacent to an activating group) is 1. The summed E-state index contributed by atoms with van der Waals surface area (Å²) in [7, 11) is 3.79. The van der Waals surface area contributed by atoms with E-state index in [1.165, 1.54) is 12.0 Å². The summed E-state index contributed by atoms with van der Waals surface area (Å²) in [4.78, 5) is 0. The first-order valence-electron chi connectivity index (χ1n) is 6.37. The first-order chi connectivity index (χ1) is 8.06. The zero-order chi connectivity index (χ0) is 12.5. The predicted molar refractivity (Wildman–Crippen MR) is 71.4 cm³/mol. The van der Waals surface area contributed by atoms with Gasteiger partial charge in [0.2, 0.25) is 0 Å². The molecule has 17 heavy (non-hydrogen) atoms. The lowest BCUT2D eigenvalue weighted by Crippen LogP contribution is -2.31. The summed E-state index contributed by atoms with van der Waals surface area (Å²) in [6.07, 6.45) is 2.42. The number of benzene rings is 1. The van der Waals surface area contributed by atoms with E-state index in [1.807, 2.05) is 6.07 Å². The quantitative estimate of drug-likeness (QED) is 0.844. The highest BCUT2D eigenvalue weighted by Gasteiger charge is 2.49. The lowest BCUT2D eigenvalue weighted by atomic mass is 9.97. The minimum atomic E-state index is 0.520. The molecule has 0 amide bonds. The molecule has 2 atom stereocenters. The summed E-state index contributed by atoms with van der Waals surface area (Å²) < 4.78 is 5.27. The van der Waals surface area contributed by atoms with E-state index in [-0.39, 0.29) is 0 Å². The monoisotopic (exact) mass is 233 g/mol. The van der Waals surface area contributed by atoms with E-state index < -0.39 is 0 Å². The van der Waals surface area contributed by atoms with Gasteiger partial charge in [0.25, 0.3) is 0 Å². The lowest BCUT2D eigenvalue weighted by molar-refractivity contribution is 0.410. The van der Waals surface area contributed by atoms with Crippen molar-refractivity contribution < 1.29 is 4.74 Å². The second-order valence-electron chi connectivity index (χ2n) is 5.75. The van der Waals surface area contributed by atoms with Crippen LogP contribution in [0.2, 0.25) is 0 Å². The number of methoxy groups -OCH3 is 1. The van der Waals surface area contributed by atoms with Gasteiger partial charge in [-0.2, -0.15) is 0 Å². The minimum Gasteiger partial charge on any atom is -0.497 e. The van der Waals surface area contributed by atoms with Crippen LogP contribution in [0.5, 0.6) is 5.75 Å². The normalized spacial score (nSPS) is 23.2. The topological polar surface area (TPSA) is 21.3 Å². The van der Waals surface area contributed by atoms with Crippen molar-refractivity contribution >= 4 is 0 Å². The maximum atomic E-state index is 5.27. The highest BCUT2D eigenvalue weighted by molar-refractivity contribution is 5.29. The van der Waals surface area contributed by atoms with Crippen molar-refractivity contribution in [3.05, 3.63) is 29.8 Å². The van der Waals surface area contributed by atoms with Crippen LogP contribution in [0.3, 0.4) is 0 Å². The highest BCUT2D eigenvalue weighted by Crippen LogP contribution is 2.53. The molecule has 1 aromatic carbocycles. The van der Waals surface area contributed by atoms with Crippen LogP contribution in [0.4, 0.5) is 0 Å². The van der Waals surface area contributed by atoms with Gasteiger partial charge >= 0.3 is 0 Å². The average Bonchev–Trinajstić information content (AvgIpc) is 2.95. The molecule has 0 spiro atoms. The summed E-state index contributed by atoms with van der Waals surface area (Å²) in [5, 5.41) is 3.46. The fourth-order valence-electron chi connectivity index (χ4n) is 2.69. The second kappa shape index (κ2) is 4.69. The number of hydrogen-bond donors (Lipinski definition) is 1. The van der Waals surface area contributed by atoms with Gasteiger partial charge in [0, 0.05) is 6.04 Å². The Morgan fingerprint density at radius 1 is 1.47 bits per heavy atom. The number of rotatable bonds is 5. The third-order valence-electron chi connectivity index (χ3n) is 4.04. The largest absolute Gasteiger partial charge is 0.497 e. The van der Waals surface area contributed by atoms with Crippen molar-refractivity contribution in [2.24, 2.45) is 11.3 Å². The first-order valence-corrected chi connectivity index (χ1v) is 6.37. The summed E-state index contributed by atoms with van der Waals surface area (Å²) in [5.41, 5.74) is 1.87. The molecule has 0 aromatic heterocycles. The van der Waals surface area contributed by atoms with Gasteiger partial charge in [-0.15, -0.1) is 0 Å². The molecule has 1 saturated carbocycles. The molecule has 1 fully saturated rings. The molecular formula is C15H23NO. The molecule has 2 rings (SSSR count). The van der Waals surface area contributed by atoms with Crippen molar-refractivity contribution in [3.8, 4) is 5.75 Å². The molecule has 1 N–H and O–H groups in total. The van der Waals surface area contributed by atoms with Crippen LogP contribution < -0.4 is 10.1 Å². The third kappa shape index (κ3) is 2.81. The van der Waals surface area contributed by atoms with Gasteiger partial charge in [-0.05, 0) is 48.9 Å². The van der Waals surface area contributed by atoms with E-state index in [0.29, 0.717) is 11.5 Å². The van der Waals surface area contributed by atoms with E-state index >= 15 is 0 Å².